The zero-order valence-corrected chi connectivity index (χ0v) is 15.8. The highest BCUT2D eigenvalue weighted by Gasteiger charge is 2.35. The molecule has 3 heterocycles. The molecular weight excluding hydrogens is 393 g/mol. The van der Waals surface area contributed by atoms with Gasteiger partial charge in [0.05, 0.1) is 21.7 Å². The number of para-hydroxylation sites is 1. The Bertz CT molecular complexity index is 896. The molecule has 2 fully saturated rings. The van der Waals surface area contributed by atoms with E-state index in [2.05, 4.69) is 10.3 Å². The topological polar surface area (TPSA) is 65.5 Å². The summed E-state index contributed by atoms with van der Waals surface area (Å²) in [5.41, 5.74) is -0.743. The van der Waals surface area contributed by atoms with Crippen molar-refractivity contribution in [3.05, 3.63) is 23.8 Å². The summed E-state index contributed by atoms with van der Waals surface area (Å²) < 4.78 is 40.1. The largest absolute Gasteiger partial charge is 0.418 e. The lowest BCUT2D eigenvalue weighted by Crippen LogP contribution is -2.52. The highest BCUT2D eigenvalue weighted by atomic mass is 32.1. The Hall–Kier alpha value is -2.36. The van der Waals surface area contributed by atoms with Crippen LogP contribution < -0.4 is 10.2 Å². The molecule has 1 atom stereocenters. The van der Waals surface area contributed by atoms with Crippen molar-refractivity contribution in [3.63, 3.8) is 0 Å². The molecule has 0 bridgehead atoms. The molecule has 150 valence electrons. The number of alkyl halides is 3. The maximum absolute atomic E-state index is 13.2. The van der Waals surface area contributed by atoms with E-state index in [1.807, 2.05) is 4.90 Å². The average molecular weight is 412 g/mol. The van der Waals surface area contributed by atoms with E-state index in [-0.39, 0.29) is 23.2 Å². The summed E-state index contributed by atoms with van der Waals surface area (Å²) >= 11 is 1.24. The van der Waals surface area contributed by atoms with Crippen LogP contribution in [0.4, 0.5) is 18.3 Å². The van der Waals surface area contributed by atoms with E-state index >= 15 is 0 Å². The van der Waals surface area contributed by atoms with E-state index in [9.17, 15) is 22.8 Å². The highest BCUT2D eigenvalue weighted by molar-refractivity contribution is 7.22. The number of benzene rings is 1. The summed E-state index contributed by atoms with van der Waals surface area (Å²) in [5, 5.41) is 3.27. The van der Waals surface area contributed by atoms with E-state index in [1.54, 1.807) is 11.0 Å². The molecule has 1 N–H and O–H groups in total. The fraction of sp³-hybridized carbons (Fsp3) is 0.500. The maximum Gasteiger partial charge on any atom is 0.418 e. The SMILES string of the molecule is O=C1CCC(C(=O)N2CCN(c3nc4c(C(F)(F)F)cccc4s3)CC2)CN1. The van der Waals surface area contributed by atoms with Crippen LogP contribution >= 0.6 is 11.3 Å². The fourth-order valence-electron chi connectivity index (χ4n) is 3.62. The van der Waals surface area contributed by atoms with Gasteiger partial charge in [0.25, 0.3) is 0 Å². The first kappa shape index (κ1) is 19.0. The molecule has 6 nitrogen and oxygen atoms in total. The van der Waals surface area contributed by atoms with Gasteiger partial charge in [-0.3, -0.25) is 9.59 Å². The van der Waals surface area contributed by atoms with Gasteiger partial charge < -0.3 is 15.1 Å². The number of hydrogen-bond donors (Lipinski definition) is 1. The van der Waals surface area contributed by atoms with Crippen LogP contribution in [-0.4, -0.2) is 54.4 Å². The minimum Gasteiger partial charge on any atom is -0.355 e. The Labute approximate surface area is 163 Å². The predicted octanol–water partition coefficient (Wildman–Crippen LogP) is 2.49. The smallest absolute Gasteiger partial charge is 0.355 e. The van der Waals surface area contributed by atoms with Crippen molar-refractivity contribution in [2.24, 2.45) is 5.92 Å². The molecule has 0 saturated carbocycles. The predicted molar refractivity (Wildman–Crippen MR) is 99.1 cm³/mol. The van der Waals surface area contributed by atoms with Crippen molar-refractivity contribution in [1.29, 1.82) is 0 Å². The lowest BCUT2D eigenvalue weighted by molar-refractivity contribution is -0.138. The summed E-state index contributed by atoms with van der Waals surface area (Å²) in [6.07, 6.45) is -3.52. The maximum atomic E-state index is 13.2. The van der Waals surface area contributed by atoms with Gasteiger partial charge in [0.15, 0.2) is 5.13 Å². The number of piperazine rings is 1. The van der Waals surface area contributed by atoms with Crippen molar-refractivity contribution in [2.45, 2.75) is 19.0 Å². The summed E-state index contributed by atoms with van der Waals surface area (Å²) in [6.45, 7) is 2.39. The van der Waals surface area contributed by atoms with Crippen LogP contribution in [0, 0.1) is 5.92 Å². The van der Waals surface area contributed by atoms with Crippen LogP contribution in [0.3, 0.4) is 0 Å². The van der Waals surface area contributed by atoms with Gasteiger partial charge in [-0.1, -0.05) is 17.4 Å². The Morgan fingerprint density at radius 1 is 1.21 bits per heavy atom. The zero-order valence-electron chi connectivity index (χ0n) is 15.0. The van der Waals surface area contributed by atoms with Crippen LogP contribution in [0.25, 0.3) is 10.2 Å². The lowest BCUT2D eigenvalue weighted by atomic mass is 9.97. The minimum absolute atomic E-state index is 0.0218. The number of carbonyl (C=O) groups is 2. The van der Waals surface area contributed by atoms with Crippen LogP contribution in [0.1, 0.15) is 18.4 Å². The van der Waals surface area contributed by atoms with Gasteiger partial charge in [-0.2, -0.15) is 13.2 Å². The molecule has 28 heavy (non-hydrogen) atoms. The number of anilines is 1. The zero-order chi connectivity index (χ0) is 19.9. The number of nitrogens with one attached hydrogen (secondary N) is 1. The quantitative estimate of drug-likeness (QED) is 0.823. The summed E-state index contributed by atoms with van der Waals surface area (Å²) in [7, 11) is 0. The molecule has 2 aliphatic heterocycles. The van der Waals surface area contributed by atoms with Gasteiger partial charge in [0, 0.05) is 39.1 Å². The van der Waals surface area contributed by atoms with E-state index < -0.39 is 11.7 Å². The number of nitrogens with zero attached hydrogens (tertiary/aromatic N) is 3. The molecule has 1 unspecified atom stereocenters. The third kappa shape index (κ3) is 3.65. The first-order valence-electron chi connectivity index (χ1n) is 9.10. The average Bonchev–Trinajstić information content (AvgIpc) is 3.11. The Balaban J connectivity index is 1.44. The van der Waals surface area contributed by atoms with Crippen molar-refractivity contribution < 1.29 is 22.8 Å². The van der Waals surface area contributed by atoms with E-state index in [0.29, 0.717) is 55.4 Å². The molecular formula is C18H19F3N4O2S. The second-order valence-corrected chi connectivity index (χ2v) is 8.01. The molecule has 2 aliphatic rings. The summed E-state index contributed by atoms with van der Waals surface area (Å²) in [4.78, 5) is 31.8. The molecule has 2 saturated heterocycles. The van der Waals surface area contributed by atoms with E-state index in [0.717, 1.165) is 6.07 Å². The number of halogens is 3. The molecule has 2 amide bonds. The molecule has 0 spiro atoms. The molecule has 4 rings (SSSR count). The molecule has 0 aliphatic carbocycles. The number of thiazole rings is 1. The van der Waals surface area contributed by atoms with Crippen molar-refractivity contribution in [1.82, 2.24) is 15.2 Å². The highest BCUT2D eigenvalue weighted by Crippen LogP contribution is 2.38. The molecule has 10 heteroatoms. The molecule has 1 aromatic carbocycles. The van der Waals surface area contributed by atoms with Crippen LogP contribution in [0.2, 0.25) is 0 Å². The van der Waals surface area contributed by atoms with Crippen molar-refractivity contribution in [2.75, 3.05) is 37.6 Å². The number of amides is 2. The fourth-order valence-corrected chi connectivity index (χ4v) is 4.66. The van der Waals surface area contributed by atoms with Gasteiger partial charge in [-0.25, -0.2) is 4.98 Å². The number of aromatic nitrogens is 1. The van der Waals surface area contributed by atoms with Crippen LogP contribution in [0.15, 0.2) is 18.2 Å². The van der Waals surface area contributed by atoms with Gasteiger partial charge in [0.2, 0.25) is 11.8 Å². The van der Waals surface area contributed by atoms with Gasteiger partial charge >= 0.3 is 6.18 Å². The number of carbonyl (C=O) groups excluding carboxylic acids is 2. The Morgan fingerprint density at radius 2 is 1.96 bits per heavy atom. The first-order chi connectivity index (χ1) is 13.3. The van der Waals surface area contributed by atoms with Crippen molar-refractivity contribution in [3.8, 4) is 0 Å². The van der Waals surface area contributed by atoms with Crippen LogP contribution in [-0.2, 0) is 15.8 Å². The summed E-state index contributed by atoms with van der Waals surface area (Å²) in [6, 6.07) is 4.08. The normalized spacial score (nSPS) is 21.1. The number of piperidine rings is 1. The molecule has 1 aromatic heterocycles. The Morgan fingerprint density at radius 3 is 2.61 bits per heavy atom. The third-order valence-corrected chi connectivity index (χ3v) is 6.27. The minimum atomic E-state index is -4.44. The second kappa shape index (κ2) is 7.23. The second-order valence-electron chi connectivity index (χ2n) is 7.00. The van der Waals surface area contributed by atoms with Gasteiger partial charge in [-0.05, 0) is 18.6 Å². The van der Waals surface area contributed by atoms with Crippen molar-refractivity contribution >= 4 is 38.5 Å². The third-order valence-electron chi connectivity index (χ3n) is 5.19. The number of hydrogen-bond acceptors (Lipinski definition) is 5. The number of fused-ring (bicyclic) bond motifs is 1. The Kier molecular flexibility index (Phi) is 4.90. The van der Waals surface area contributed by atoms with E-state index in [1.165, 1.54) is 17.4 Å². The summed E-state index contributed by atoms with van der Waals surface area (Å²) in [5.74, 6) is -0.188. The van der Waals surface area contributed by atoms with Gasteiger partial charge in [0.1, 0.15) is 0 Å². The number of rotatable bonds is 2. The molecule has 0 radical (unpaired) electrons. The monoisotopic (exact) mass is 412 g/mol. The van der Waals surface area contributed by atoms with Gasteiger partial charge in [-0.15, -0.1) is 0 Å². The van der Waals surface area contributed by atoms with E-state index in [4.69, 9.17) is 0 Å². The lowest BCUT2D eigenvalue weighted by Gasteiger charge is -2.37. The standard InChI is InChI=1S/C18H19F3N4O2S/c19-18(20,21)12-2-1-3-13-15(12)23-17(28-13)25-8-6-24(7-9-25)16(27)11-4-5-14(26)22-10-11/h1-3,11H,4-10H2,(H,22,26). The molecule has 2 aromatic rings. The van der Waals surface area contributed by atoms with Crippen LogP contribution in [0.5, 0.6) is 0 Å². The first-order valence-corrected chi connectivity index (χ1v) is 9.92.